The number of hydrogen-bond acceptors (Lipinski definition) is 4. The fourth-order valence-electron chi connectivity index (χ4n) is 4.37. The number of ether oxygens (including phenoxy) is 1. The topological polar surface area (TPSA) is 93.2 Å². The minimum absolute atomic E-state index is 0.0301. The van der Waals surface area contributed by atoms with Gasteiger partial charge in [-0.15, -0.1) is 0 Å². The summed E-state index contributed by atoms with van der Waals surface area (Å²) in [7, 11) is 0. The van der Waals surface area contributed by atoms with Crippen LogP contribution in [0.5, 0.6) is 0 Å². The van der Waals surface area contributed by atoms with Crippen LogP contribution in [0.25, 0.3) is 10.8 Å². The molecule has 2 N–H and O–H groups in total. The van der Waals surface area contributed by atoms with Crippen LogP contribution < -0.4 is 16.6 Å². The van der Waals surface area contributed by atoms with Crippen LogP contribution >= 0.6 is 0 Å². The number of amides is 1. The lowest BCUT2D eigenvalue weighted by Crippen LogP contribution is -2.39. The summed E-state index contributed by atoms with van der Waals surface area (Å²) in [5.74, 6) is -0.203. The first kappa shape index (κ1) is 21.1. The van der Waals surface area contributed by atoms with Crippen LogP contribution in [0.1, 0.15) is 49.3 Å². The van der Waals surface area contributed by atoms with E-state index >= 15 is 0 Å². The van der Waals surface area contributed by atoms with Crippen molar-refractivity contribution in [3.63, 3.8) is 0 Å². The van der Waals surface area contributed by atoms with Gasteiger partial charge in [0.2, 0.25) is 0 Å². The number of aromatic amines is 1. The molecule has 3 aromatic rings. The van der Waals surface area contributed by atoms with Gasteiger partial charge in [-0.25, -0.2) is 4.79 Å². The second-order valence-corrected chi connectivity index (χ2v) is 8.22. The highest BCUT2D eigenvalue weighted by Crippen LogP contribution is 2.39. The quantitative estimate of drug-likeness (QED) is 0.662. The van der Waals surface area contributed by atoms with E-state index in [-0.39, 0.29) is 30.0 Å². The number of aromatic nitrogens is 2. The molecular formula is C24H27N3O4. The second kappa shape index (κ2) is 8.51. The molecule has 0 saturated carbocycles. The molecule has 31 heavy (non-hydrogen) atoms. The number of nitrogens with zero attached hydrogens (tertiary/aromatic N) is 1. The summed E-state index contributed by atoms with van der Waals surface area (Å²) in [6, 6.07) is 13.8. The predicted molar refractivity (Wildman–Crippen MR) is 119 cm³/mol. The molecule has 7 nitrogen and oxygen atoms in total. The molecule has 0 radical (unpaired) electrons. The van der Waals surface area contributed by atoms with Crippen molar-refractivity contribution in [2.24, 2.45) is 11.8 Å². The molecule has 162 valence electrons. The highest BCUT2D eigenvalue weighted by atomic mass is 16.5. The monoisotopic (exact) mass is 421 g/mol. The fraction of sp³-hybridized carbons (Fsp3) is 0.375. The molecule has 1 aromatic heterocycles. The van der Waals surface area contributed by atoms with E-state index in [1.807, 2.05) is 56.3 Å². The lowest BCUT2D eigenvalue weighted by atomic mass is 9.91. The third-order valence-electron chi connectivity index (χ3n) is 6.39. The van der Waals surface area contributed by atoms with Crippen LogP contribution in [0.4, 0.5) is 0 Å². The van der Waals surface area contributed by atoms with Crippen LogP contribution in [0.15, 0.2) is 58.3 Å². The minimum atomic E-state index is -0.706. The van der Waals surface area contributed by atoms with Crippen LogP contribution in [0.2, 0.25) is 0 Å². The number of fused-ring (bicyclic) bond motifs is 1. The van der Waals surface area contributed by atoms with Gasteiger partial charge in [0.05, 0.1) is 6.10 Å². The zero-order valence-electron chi connectivity index (χ0n) is 17.9. The summed E-state index contributed by atoms with van der Waals surface area (Å²) in [4.78, 5) is 39.9. The molecule has 0 aliphatic carbocycles. The Labute approximate surface area is 180 Å². The van der Waals surface area contributed by atoms with Crippen LogP contribution in [0.3, 0.4) is 0 Å². The number of rotatable bonds is 5. The number of hydrogen-bond donors (Lipinski definition) is 2. The molecule has 1 unspecified atom stereocenters. The molecule has 4 atom stereocenters. The maximum Gasteiger partial charge on any atom is 0.330 e. The maximum atomic E-state index is 12.8. The molecule has 4 rings (SSSR count). The van der Waals surface area contributed by atoms with Gasteiger partial charge in [0.15, 0.2) is 0 Å². The number of carbonyl (C=O) groups excluding carboxylic acids is 1. The Morgan fingerprint density at radius 3 is 2.58 bits per heavy atom. The number of H-pyrrole nitrogens is 1. The van der Waals surface area contributed by atoms with Crippen molar-refractivity contribution in [3.8, 4) is 0 Å². The average Bonchev–Trinajstić information content (AvgIpc) is 3.06. The van der Waals surface area contributed by atoms with Crippen molar-refractivity contribution in [1.82, 2.24) is 14.9 Å². The summed E-state index contributed by atoms with van der Waals surface area (Å²) < 4.78 is 7.40. The van der Waals surface area contributed by atoms with Crippen molar-refractivity contribution in [2.45, 2.75) is 46.1 Å². The summed E-state index contributed by atoms with van der Waals surface area (Å²) in [6.07, 6.45) is 1.67. The second-order valence-electron chi connectivity index (χ2n) is 8.22. The standard InChI is InChI=1S/C24H27N3O4/c1-4-20-14(2)15(3)23(31-20)27-13-19(22(29)26-24(27)30)21(28)25-12-17-10-7-9-16-8-5-6-11-18(16)17/h5-11,13-15,20,23H,4,12H2,1-3H3,(H,25,28)(H,26,29,30)/t14-,15?,20-,23-/m1/s1. The Hall–Kier alpha value is -3.19. The Morgan fingerprint density at radius 1 is 1.10 bits per heavy atom. The molecule has 1 amide bonds. The number of carbonyl (C=O) groups is 1. The van der Waals surface area contributed by atoms with Crippen LogP contribution in [0, 0.1) is 11.8 Å². The maximum absolute atomic E-state index is 12.8. The van der Waals surface area contributed by atoms with Crippen molar-refractivity contribution in [2.75, 3.05) is 0 Å². The molecule has 0 bridgehead atoms. The Balaban J connectivity index is 1.59. The third kappa shape index (κ3) is 3.93. The van der Waals surface area contributed by atoms with E-state index in [1.54, 1.807) is 0 Å². The summed E-state index contributed by atoms with van der Waals surface area (Å²) in [6.45, 7) is 6.41. The molecule has 1 aliphatic heterocycles. The van der Waals surface area contributed by atoms with E-state index < -0.39 is 23.4 Å². The average molecular weight is 421 g/mol. The van der Waals surface area contributed by atoms with E-state index in [0.29, 0.717) is 0 Å². The smallest absolute Gasteiger partial charge is 0.330 e. The van der Waals surface area contributed by atoms with Gasteiger partial charge in [-0.3, -0.25) is 19.1 Å². The number of benzene rings is 2. The van der Waals surface area contributed by atoms with Crippen molar-refractivity contribution >= 4 is 16.7 Å². The molecule has 0 spiro atoms. The van der Waals surface area contributed by atoms with Gasteiger partial charge >= 0.3 is 5.69 Å². The van der Waals surface area contributed by atoms with Crippen molar-refractivity contribution in [3.05, 3.63) is 80.6 Å². The molecule has 2 heterocycles. The summed E-state index contributed by atoms with van der Waals surface area (Å²) in [5, 5.41) is 4.93. The minimum Gasteiger partial charge on any atom is -0.354 e. The van der Waals surface area contributed by atoms with Crippen LogP contribution in [-0.4, -0.2) is 21.6 Å². The van der Waals surface area contributed by atoms with Crippen molar-refractivity contribution in [1.29, 1.82) is 0 Å². The summed E-state index contributed by atoms with van der Waals surface area (Å²) >= 11 is 0. The zero-order valence-corrected chi connectivity index (χ0v) is 17.9. The van der Waals surface area contributed by atoms with Gasteiger partial charge in [0, 0.05) is 18.7 Å². The SMILES string of the molecule is CC[C@H]1O[C@@H](n2cc(C(=O)NCc3cccc4ccccc34)c(=O)[nH]c2=O)C(C)[C@H]1C. The Kier molecular flexibility index (Phi) is 5.78. The highest BCUT2D eigenvalue weighted by Gasteiger charge is 2.39. The van der Waals surface area contributed by atoms with E-state index in [9.17, 15) is 14.4 Å². The van der Waals surface area contributed by atoms with Crippen molar-refractivity contribution < 1.29 is 9.53 Å². The van der Waals surface area contributed by atoms with E-state index in [2.05, 4.69) is 17.2 Å². The third-order valence-corrected chi connectivity index (χ3v) is 6.39. The van der Waals surface area contributed by atoms with Gasteiger partial charge in [0.1, 0.15) is 11.8 Å². The fourth-order valence-corrected chi connectivity index (χ4v) is 4.37. The number of nitrogens with one attached hydrogen (secondary N) is 2. The predicted octanol–water partition coefficient (Wildman–Crippen LogP) is 3.20. The molecule has 1 aliphatic rings. The van der Waals surface area contributed by atoms with E-state index in [4.69, 9.17) is 4.74 Å². The molecular weight excluding hydrogens is 394 g/mol. The van der Waals surface area contributed by atoms with Gasteiger partial charge in [-0.2, -0.15) is 0 Å². The molecule has 7 heteroatoms. The van der Waals surface area contributed by atoms with Gasteiger partial charge in [0.25, 0.3) is 11.5 Å². The lowest BCUT2D eigenvalue weighted by Gasteiger charge is -2.19. The lowest BCUT2D eigenvalue weighted by molar-refractivity contribution is -0.0169. The van der Waals surface area contributed by atoms with Gasteiger partial charge in [-0.1, -0.05) is 63.2 Å². The molecule has 2 aromatic carbocycles. The largest absolute Gasteiger partial charge is 0.354 e. The van der Waals surface area contributed by atoms with Gasteiger partial charge in [-0.05, 0) is 28.7 Å². The van der Waals surface area contributed by atoms with Gasteiger partial charge < -0.3 is 10.1 Å². The van der Waals surface area contributed by atoms with Crippen LogP contribution in [-0.2, 0) is 11.3 Å². The first-order valence-corrected chi connectivity index (χ1v) is 10.7. The Bertz CT molecular complexity index is 1220. The molecule has 1 saturated heterocycles. The normalized spacial score (nSPS) is 23.2. The molecule has 1 fully saturated rings. The zero-order chi connectivity index (χ0) is 22.1. The first-order valence-electron chi connectivity index (χ1n) is 10.7. The first-order chi connectivity index (χ1) is 14.9. The highest BCUT2D eigenvalue weighted by molar-refractivity contribution is 5.94. The Morgan fingerprint density at radius 2 is 1.84 bits per heavy atom. The van der Waals surface area contributed by atoms with E-state index in [0.717, 1.165) is 22.8 Å². The van der Waals surface area contributed by atoms with E-state index in [1.165, 1.54) is 10.8 Å². The summed E-state index contributed by atoms with van der Waals surface area (Å²) in [5.41, 5.74) is -0.439.